The summed E-state index contributed by atoms with van der Waals surface area (Å²) in [6, 6.07) is 10.6. The zero-order chi connectivity index (χ0) is 13.8. The fraction of sp³-hybridized carbons (Fsp3) is 0.556. The highest BCUT2D eigenvalue weighted by Crippen LogP contribution is 2.47. The summed E-state index contributed by atoms with van der Waals surface area (Å²) in [6.07, 6.45) is 11.6. The summed E-state index contributed by atoms with van der Waals surface area (Å²) in [5, 5.41) is 0. The monoisotopic (exact) mass is 268 g/mol. The summed E-state index contributed by atoms with van der Waals surface area (Å²) in [6.45, 7) is 2.64. The Morgan fingerprint density at radius 2 is 1.70 bits per heavy atom. The molecule has 2 heterocycles. The van der Waals surface area contributed by atoms with Crippen molar-refractivity contribution in [3.63, 3.8) is 0 Å². The Balaban J connectivity index is 1.59. The summed E-state index contributed by atoms with van der Waals surface area (Å²) in [4.78, 5) is 0. The van der Waals surface area contributed by atoms with Gasteiger partial charge in [0.05, 0.1) is 5.76 Å². The summed E-state index contributed by atoms with van der Waals surface area (Å²) in [5.41, 5.74) is 1.36. The fourth-order valence-electron chi connectivity index (χ4n) is 3.95. The molecular weight excluding hydrogens is 243 g/mol. The molecule has 20 heavy (non-hydrogen) atoms. The van der Waals surface area contributed by atoms with E-state index in [0.29, 0.717) is 6.92 Å². The number of hydrogen-bond acceptors (Lipinski definition) is 1. The number of allylic oxidation sites excluding steroid dienone is 2. The van der Waals surface area contributed by atoms with Crippen molar-refractivity contribution in [2.24, 2.45) is 0 Å². The molecule has 0 N–H and O–H groups in total. The summed E-state index contributed by atoms with van der Waals surface area (Å²) >= 11 is 0. The number of hydrogen-bond donors (Lipinski definition) is 0. The highest BCUT2D eigenvalue weighted by Gasteiger charge is 2.42. The van der Waals surface area contributed by atoms with E-state index in [1.807, 2.05) is 0 Å². The molecule has 2 saturated heterocycles. The van der Waals surface area contributed by atoms with Gasteiger partial charge >= 0.3 is 6.92 Å². The normalized spacial score (nSPS) is 26.4. The Bertz CT molecular complexity index is 432. The minimum Gasteiger partial charge on any atom is -0.563 e. The second-order valence-electron chi connectivity index (χ2n) is 6.47. The van der Waals surface area contributed by atoms with Gasteiger partial charge in [-0.1, -0.05) is 68.9 Å². The summed E-state index contributed by atoms with van der Waals surface area (Å²) < 4.78 is 6.34. The van der Waals surface area contributed by atoms with E-state index in [4.69, 9.17) is 4.65 Å². The van der Waals surface area contributed by atoms with Crippen molar-refractivity contribution >= 4 is 6.92 Å². The van der Waals surface area contributed by atoms with Gasteiger partial charge in [0, 0.05) is 0 Å². The predicted molar refractivity (Wildman–Crippen MR) is 85.9 cm³/mol. The molecule has 0 radical (unpaired) electrons. The minimum atomic E-state index is 0.504. The quantitative estimate of drug-likeness (QED) is 0.535. The summed E-state index contributed by atoms with van der Waals surface area (Å²) in [5.74, 6) is 2.77. The van der Waals surface area contributed by atoms with Crippen LogP contribution in [0.3, 0.4) is 0 Å². The molecule has 0 aromatic heterocycles. The van der Waals surface area contributed by atoms with Crippen LogP contribution in [-0.4, -0.2) is 6.92 Å². The van der Waals surface area contributed by atoms with E-state index in [0.717, 1.165) is 23.8 Å². The molecule has 2 heteroatoms. The van der Waals surface area contributed by atoms with Crippen molar-refractivity contribution in [3.05, 3.63) is 47.7 Å². The Kier molecular flexibility index (Phi) is 4.49. The van der Waals surface area contributed by atoms with Crippen LogP contribution in [0.5, 0.6) is 0 Å². The lowest BCUT2D eigenvalue weighted by Gasteiger charge is -2.39. The third-order valence-corrected chi connectivity index (χ3v) is 5.02. The minimum absolute atomic E-state index is 0.504. The Morgan fingerprint density at radius 3 is 2.30 bits per heavy atom. The average Bonchev–Trinajstić information content (AvgIpc) is 2.46. The van der Waals surface area contributed by atoms with Crippen molar-refractivity contribution < 1.29 is 4.65 Å². The maximum Gasteiger partial charge on any atom is 0.363 e. The van der Waals surface area contributed by atoms with Gasteiger partial charge in [-0.05, 0) is 36.6 Å². The van der Waals surface area contributed by atoms with Gasteiger partial charge in [-0.2, -0.15) is 0 Å². The molecule has 0 aliphatic carbocycles. The molecule has 0 amide bonds. The van der Waals surface area contributed by atoms with Crippen LogP contribution < -0.4 is 0 Å². The van der Waals surface area contributed by atoms with E-state index < -0.39 is 0 Å². The largest absolute Gasteiger partial charge is 0.563 e. The molecule has 2 fully saturated rings. The van der Waals surface area contributed by atoms with Gasteiger partial charge in [0.25, 0.3) is 0 Å². The number of fused-ring (bicyclic) bond motifs is 2. The molecule has 2 aliphatic heterocycles. The third-order valence-electron chi connectivity index (χ3n) is 5.02. The first-order valence-corrected chi connectivity index (χ1v) is 8.20. The zero-order valence-corrected chi connectivity index (χ0v) is 12.6. The van der Waals surface area contributed by atoms with Crippen molar-refractivity contribution in [2.75, 3.05) is 0 Å². The molecule has 0 unspecified atom stereocenters. The van der Waals surface area contributed by atoms with Gasteiger partial charge in [-0.15, -0.1) is 0 Å². The van der Waals surface area contributed by atoms with Crippen LogP contribution in [0.25, 0.3) is 0 Å². The van der Waals surface area contributed by atoms with Gasteiger partial charge in [0.2, 0.25) is 0 Å². The summed E-state index contributed by atoms with van der Waals surface area (Å²) in [7, 11) is 0. The lowest BCUT2D eigenvalue weighted by atomic mass is 9.38. The Hall–Kier alpha value is -1.18. The Morgan fingerprint density at radius 1 is 1.10 bits per heavy atom. The average molecular weight is 268 g/mol. The van der Waals surface area contributed by atoms with Gasteiger partial charge in [0.1, 0.15) is 0 Å². The number of benzene rings is 1. The Labute approximate surface area is 123 Å². The van der Waals surface area contributed by atoms with Crippen molar-refractivity contribution in [1.29, 1.82) is 0 Å². The highest BCUT2D eigenvalue weighted by atomic mass is 16.4. The van der Waals surface area contributed by atoms with Gasteiger partial charge in [-0.3, -0.25) is 0 Å². The van der Waals surface area contributed by atoms with Crippen LogP contribution in [0.4, 0.5) is 0 Å². The maximum atomic E-state index is 6.34. The van der Waals surface area contributed by atoms with Gasteiger partial charge < -0.3 is 4.65 Å². The van der Waals surface area contributed by atoms with E-state index in [-0.39, 0.29) is 0 Å². The van der Waals surface area contributed by atoms with Crippen LogP contribution in [0.15, 0.2) is 42.2 Å². The topological polar surface area (TPSA) is 9.23 Å². The SMILES string of the molecule is C/C(=C/Cc1ccccc1)OB1C2CCCC1CCC2. The predicted octanol–water partition coefficient (Wildman–Crippen LogP) is 5.25. The fourth-order valence-corrected chi connectivity index (χ4v) is 3.95. The molecule has 2 aliphatic rings. The van der Waals surface area contributed by atoms with Crippen molar-refractivity contribution in [1.82, 2.24) is 0 Å². The first kappa shape index (κ1) is 13.8. The lowest BCUT2D eigenvalue weighted by molar-refractivity contribution is 0.333. The van der Waals surface area contributed by atoms with Crippen LogP contribution in [-0.2, 0) is 11.1 Å². The van der Waals surface area contributed by atoms with E-state index >= 15 is 0 Å². The highest BCUT2D eigenvalue weighted by molar-refractivity contribution is 6.56. The van der Waals surface area contributed by atoms with Crippen LogP contribution in [0, 0.1) is 0 Å². The molecule has 3 rings (SSSR count). The molecular formula is C18H25BO. The first-order valence-electron chi connectivity index (χ1n) is 8.20. The number of rotatable bonds is 4. The standard InChI is InChI=1S/C18H25BO/c1-15(13-14-16-7-3-2-4-8-16)20-19-17-9-5-10-18(19)12-6-11-17/h2-4,7-8,13,17-18H,5-6,9-12,14H2,1H3/b15-13-. The van der Waals surface area contributed by atoms with E-state index in [1.165, 1.54) is 44.1 Å². The zero-order valence-electron chi connectivity index (χ0n) is 12.6. The smallest absolute Gasteiger partial charge is 0.363 e. The molecule has 2 bridgehead atoms. The van der Waals surface area contributed by atoms with Crippen molar-refractivity contribution in [2.45, 2.75) is 63.5 Å². The molecule has 1 aromatic rings. The van der Waals surface area contributed by atoms with Crippen molar-refractivity contribution in [3.8, 4) is 0 Å². The van der Waals surface area contributed by atoms with E-state index in [2.05, 4.69) is 43.3 Å². The molecule has 0 atom stereocenters. The van der Waals surface area contributed by atoms with E-state index in [9.17, 15) is 0 Å². The lowest BCUT2D eigenvalue weighted by Crippen LogP contribution is -2.36. The molecule has 106 valence electrons. The second kappa shape index (κ2) is 6.52. The van der Waals surface area contributed by atoms with E-state index in [1.54, 1.807) is 0 Å². The second-order valence-corrected chi connectivity index (χ2v) is 6.47. The first-order chi connectivity index (χ1) is 9.83. The van der Waals surface area contributed by atoms with Crippen LogP contribution in [0.1, 0.15) is 51.0 Å². The molecule has 1 aromatic carbocycles. The molecule has 0 spiro atoms. The van der Waals surface area contributed by atoms with Gasteiger partial charge in [-0.25, -0.2) is 0 Å². The maximum absolute atomic E-state index is 6.34. The van der Waals surface area contributed by atoms with Gasteiger partial charge in [0.15, 0.2) is 0 Å². The van der Waals surface area contributed by atoms with Crippen LogP contribution in [0.2, 0.25) is 11.6 Å². The molecule has 0 saturated carbocycles. The third kappa shape index (κ3) is 3.28. The van der Waals surface area contributed by atoms with Crippen LogP contribution >= 0.6 is 0 Å². The molecule has 1 nitrogen and oxygen atoms in total.